The Morgan fingerprint density at radius 1 is 1.44 bits per heavy atom. The third-order valence-electron chi connectivity index (χ3n) is 2.43. The number of hydrogen-bond donors (Lipinski definition) is 1. The van der Waals surface area contributed by atoms with Gasteiger partial charge in [-0.1, -0.05) is 34.6 Å². The van der Waals surface area contributed by atoms with E-state index in [1.54, 1.807) is 24.1 Å². The zero-order valence-electron chi connectivity index (χ0n) is 10.2. The van der Waals surface area contributed by atoms with E-state index in [2.05, 4.69) is 27.8 Å². The molecule has 0 heterocycles. The summed E-state index contributed by atoms with van der Waals surface area (Å²) in [4.78, 5) is 13.2. The number of rotatable bonds is 5. The van der Waals surface area contributed by atoms with Crippen LogP contribution in [0.2, 0.25) is 0 Å². The number of likely N-dealkylation sites (N-methyl/N-ethyl adjacent to an activating group) is 1. The summed E-state index contributed by atoms with van der Waals surface area (Å²) in [6, 6.07) is 6.13. The summed E-state index contributed by atoms with van der Waals surface area (Å²) in [5, 5.41) is 2.71. The number of urea groups is 1. The second-order valence-electron chi connectivity index (χ2n) is 3.97. The summed E-state index contributed by atoms with van der Waals surface area (Å²) in [5.41, 5.74) is 1.00. The van der Waals surface area contributed by atoms with Crippen LogP contribution >= 0.6 is 15.9 Å². The zero-order chi connectivity index (χ0) is 13.5. The molecule has 0 spiro atoms. The van der Waals surface area contributed by atoms with E-state index in [1.165, 1.54) is 12.1 Å². The predicted octanol–water partition coefficient (Wildman–Crippen LogP) is 2.92. The molecule has 0 aliphatic heterocycles. The highest BCUT2D eigenvalue weighted by atomic mass is 79.9. The second-order valence-corrected chi connectivity index (χ2v) is 5.10. The van der Waals surface area contributed by atoms with Crippen LogP contribution in [-0.4, -0.2) is 31.1 Å². The lowest BCUT2D eigenvalue weighted by Gasteiger charge is -2.17. The Hall–Kier alpha value is -1.36. The van der Waals surface area contributed by atoms with Crippen LogP contribution in [0.15, 0.2) is 35.3 Å². The average molecular weight is 315 g/mol. The number of nitrogens with zero attached hydrogens (tertiary/aromatic N) is 1. The van der Waals surface area contributed by atoms with Gasteiger partial charge in [0.1, 0.15) is 5.82 Å². The monoisotopic (exact) mass is 314 g/mol. The van der Waals surface area contributed by atoms with E-state index in [1.807, 2.05) is 0 Å². The summed E-state index contributed by atoms with van der Waals surface area (Å²) < 4.78 is 13.4. The molecule has 0 fully saturated rings. The number of benzene rings is 1. The fraction of sp³-hybridized carbons (Fsp3) is 0.308. The lowest BCUT2D eigenvalue weighted by atomic mass is 10.1. The highest BCUT2D eigenvalue weighted by Gasteiger charge is 2.07. The van der Waals surface area contributed by atoms with Crippen LogP contribution < -0.4 is 5.32 Å². The van der Waals surface area contributed by atoms with Gasteiger partial charge in [0.05, 0.1) is 6.54 Å². The van der Waals surface area contributed by atoms with Crippen molar-refractivity contribution < 1.29 is 9.18 Å². The van der Waals surface area contributed by atoms with Crippen molar-refractivity contribution in [3.8, 4) is 0 Å². The van der Waals surface area contributed by atoms with Crippen LogP contribution in [0.4, 0.5) is 9.18 Å². The quantitative estimate of drug-likeness (QED) is 0.890. The minimum absolute atomic E-state index is 0.155. The largest absolute Gasteiger partial charge is 0.333 e. The molecule has 1 aromatic rings. The third-order valence-corrected chi connectivity index (χ3v) is 2.71. The number of carbonyl (C=O) groups is 1. The van der Waals surface area contributed by atoms with E-state index in [-0.39, 0.29) is 11.8 Å². The average Bonchev–Trinajstić information content (AvgIpc) is 2.34. The normalized spacial score (nSPS) is 9.94. The van der Waals surface area contributed by atoms with Crippen LogP contribution in [0.3, 0.4) is 0 Å². The summed E-state index contributed by atoms with van der Waals surface area (Å²) >= 11 is 3.17. The first kappa shape index (κ1) is 14.7. The number of amides is 2. The van der Waals surface area contributed by atoms with Crippen molar-refractivity contribution in [1.82, 2.24) is 10.2 Å². The Morgan fingerprint density at radius 3 is 2.61 bits per heavy atom. The molecule has 0 atom stereocenters. The first-order valence-corrected chi connectivity index (χ1v) is 6.35. The van der Waals surface area contributed by atoms with Gasteiger partial charge in [-0.2, -0.15) is 0 Å². The minimum Gasteiger partial charge on any atom is -0.333 e. The molecule has 0 aliphatic carbocycles. The number of carbonyl (C=O) groups excluding carboxylic acids is 1. The van der Waals surface area contributed by atoms with Crippen molar-refractivity contribution in [3.05, 3.63) is 46.7 Å². The molecule has 0 aliphatic rings. The Labute approximate surface area is 115 Å². The summed E-state index contributed by atoms with van der Waals surface area (Å²) in [6.45, 7) is 4.61. The molecule has 98 valence electrons. The molecule has 18 heavy (non-hydrogen) atoms. The van der Waals surface area contributed by atoms with Gasteiger partial charge < -0.3 is 10.2 Å². The van der Waals surface area contributed by atoms with E-state index in [9.17, 15) is 9.18 Å². The summed E-state index contributed by atoms with van der Waals surface area (Å²) in [7, 11) is 1.72. The first-order chi connectivity index (χ1) is 8.49. The molecule has 2 amide bonds. The van der Waals surface area contributed by atoms with Crippen LogP contribution in [0.1, 0.15) is 5.56 Å². The van der Waals surface area contributed by atoms with Crippen molar-refractivity contribution in [2.45, 2.75) is 6.42 Å². The van der Waals surface area contributed by atoms with Gasteiger partial charge in [-0.3, -0.25) is 0 Å². The fourth-order valence-electron chi connectivity index (χ4n) is 1.36. The fourth-order valence-corrected chi connectivity index (χ4v) is 1.50. The van der Waals surface area contributed by atoms with Crippen LogP contribution in [0, 0.1) is 5.82 Å². The van der Waals surface area contributed by atoms with E-state index < -0.39 is 0 Å². The molecule has 5 heteroatoms. The van der Waals surface area contributed by atoms with E-state index >= 15 is 0 Å². The molecular weight excluding hydrogens is 299 g/mol. The lowest BCUT2D eigenvalue weighted by molar-refractivity contribution is 0.210. The van der Waals surface area contributed by atoms with E-state index in [0.29, 0.717) is 19.5 Å². The van der Waals surface area contributed by atoms with E-state index in [0.717, 1.165) is 10.0 Å². The zero-order valence-corrected chi connectivity index (χ0v) is 11.8. The van der Waals surface area contributed by atoms with Gasteiger partial charge in [0, 0.05) is 18.1 Å². The lowest BCUT2D eigenvalue weighted by Crippen LogP contribution is -2.38. The SMILES string of the molecule is C=C(Br)CNC(=O)N(C)CCc1ccc(F)cc1. The van der Waals surface area contributed by atoms with Gasteiger partial charge in [0.25, 0.3) is 0 Å². The molecule has 1 rings (SSSR count). The number of halogens is 2. The maximum absolute atomic E-state index is 12.7. The molecular formula is C13H16BrFN2O. The molecule has 3 nitrogen and oxygen atoms in total. The van der Waals surface area contributed by atoms with Gasteiger partial charge in [0.15, 0.2) is 0 Å². The summed E-state index contributed by atoms with van der Waals surface area (Å²) in [6.07, 6.45) is 0.694. The standard InChI is InChI=1S/C13H16BrFN2O/c1-10(14)9-16-13(18)17(2)8-7-11-3-5-12(15)6-4-11/h3-6H,1,7-9H2,2H3,(H,16,18). The maximum Gasteiger partial charge on any atom is 0.317 e. The molecule has 0 bridgehead atoms. The highest BCUT2D eigenvalue weighted by molar-refractivity contribution is 9.11. The smallest absolute Gasteiger partial charge is 0.317 e. The van der Waals surface area contributed by atoms with Gasteiger partial charge in [-0.15, -0.1) is 0 Å². The van der Waals surface area contributed by atoms with Gasteiger partial charge in [-0.25, -0.2) is 9.18 Å². The Balaban J connectivity index is 2.36. The van der Waals surface area contributed by atoms with Crippen LogP contribution in [-0.2, 0) is 6.42 Å². The molecule has 0 saturated carbocycles. The van der Waals surface area contributed by atoms with Crippen molar-refractivity contribution in [1.29, 1.82) is 0 Å². The topological polar surface area (TPSA) is 32.3 Å². The Bertz CT molecular complexity index is 420. The highest BCUT2D eigenvalue weighted by Crippen LogP contribution is 2.04. The van der Waals surface area contributed by atoms with Gasteiger partial charge in [-0.05, 0) is 24.1 Å². The predicted molar refractivity (Wildman–Crippen MR) is 74.2 cm³/mol. The second kappa shape index (κ2) is 7.16. The molecule has 0 unspecified atom stereocenters. The van der Waals surface area contributed by atoms with Crippen molar-refractivity contribution in [3.63, 3.8) is 0 Å². The number of nitrogens with one attached hydrogen (secondary N) is 1. The first-order valence-electron chi connectivity index (χ1n) is 5.55. The van der Waals surface area contributed by atoms with Crippen molar-refractivity contribution >= 4 is 22.0 Å². The number of hydrogen-bond acceptors (Lipinski definition) is 1. The van der Waals surface area contributed by atoms with Crippen molar-refractivity contribution in [2.24, 2.45) is 0 Å². The molecule has 0 aromatic heterocycles. The molecule has 1 aromatic carbocycles. The Morgan fingerprint density at radius 2 is 2.06 bits per heavy atom. The maximum atomic E-state index is 12.7. The molecule has 0 saturated heterocycles. The van der Waals surface area contributed by atoms with Crippen LogP contribution in [0.5, 0.6) is 0 Å². The molecule has 0 radical (unpaired) electrons. The Kier molecular flexibility index (Phi) is 5.85. The van der Waals surface area contributed by atoms with E-state index in [4.69, 9.17) is 0 Å². The van der Waals surface area contributed by atoms with Crippen molar-refractivity contribution in [2.75, 3.05) is 20.1 Å². The third kappa shape index (κ3) is 5.31. The van der Waals surface area contributed by atoms with Gasteiger partial charge >= 0.3 is 6.03 Å². The molecule has 1 N–H and O–H groups in total. The van der Waals surface area contributed by atoms with Gasteiger partial charge in [0.2, 0.25) is 0 Å². The summed E-state index contributed by atoms with van der Waals surface area (Å²) in [5.74, 6) is -0.249. The minimum atomic E-state index is -0.249. The van der Waals surface area contributed by atoms with Crippen LogP contribution in [0.25, 0.3) is 0 Å².